The molecule has 0 aliphatic heterocycles. The van der Waals surface area contributed by atoms with Crippen molar-refractivity contribution >= 4 is 23.2 Å². The van der Waals surface area contributed by atoms with E-state index < -0.39 is 0 Å². The van der Waals surface area contributed by atoms with Gasteiger partial charge in [-0.2, -0.15) is 0 Å². The molecular weight excluding hydrogens is 273 g/mol. The highest BCUT2D eigenvalue weighted by Crippen LogP contribution is 2.26. The van der Waals surface area contributed by atoms with Crippen molar-refractivity contribution in [1.82, 2.24) is 0 Å². The largest absolute Gasteiger partial charge is 0.497 e. The van der Waals surface area contributed by atoms with Crippen molar-refractivity contribution in [3.05, 3.63) is 34.3 Å². The van der Waals surface area contributed by atoms with E-state index in [4.69, 9.17) is 38.4 Å². The van der Waals surface area contributed by atoms with Crippen LogP contribution in [0.25, 0.3) is 0 Å². The molecule has 100 valence electrons. The van der Waals surface area contributed by atoms with Crippen LogP contribution in [0.4, 0.5) is 0 Å². The number of rotatable bonds is 6. The van der Waals surface area contributed by atoms with Crippen molar-refractivity contribution in [1.29, 1.82) is 0 Å². The molecule has 1 aromatic rings. The minimum absolute atomic E-state index is 0.0403. The molecule has 0 aliphatic rings. The Balaban J connectivity index is 2.87. The summed E-state index contributed by atoms with van der Waals surface area (Å²) >= 11 is 11.3. The van der Waals surface area contributed by atoms with Crippen LogP contribution < -0.4 is 15.2 Å². The Morgan fingerprint density at radius 2 is 2.22 bits per heavy atom. The quantitative estimate of drug-likeness (QED) is 0.874. The lowest BCUT2D eigenvalue weighted by Gasteiger charge is -2.14. The molecule has 0 amide bonds. The minimum atomic E-state index is 0.0403. The van der Waals surface area contributed by atoms with E-state index in [2.05, 4.69) is 0 Å². The fourth-order valence-electron chi connectivity index (χ4n) is 1.51. The average Bonchev–Trinajstić information content (AvgIpc) is 2.36. The first kappa shape index (κ1) is 15.2. The third-order valence-electron chi connectivity index (χ3n) is 2.29. The molecule has 0 spiro atoms. The number of methoxy groups -OCH3 is 1. The second-order valence-corrected chi connectivity index (χ2v) is 4.70. The summed E-state index contributed by atoms with van der Waals surface area (Å²) in [7, 11) is 1.62. The molecule has 0 aliphatic carbocycles. The van der Waals surface area contributed by atoms with Gasteiger partial charge in [-0.3, -0.25) is 0 Å². The van der Waals surface area contributed by atoms with Gasteiger partial charge in [0, 0.05) is 11.6 Å². The lowest BCUT2D eigenvalue weighted by Crippen LogP contribution is -2.18. The fraction of sp³-hybridized carbons (Fsp3) is 0.385. The number of ether oxygens (including phenoxy) is 2. The van der Waals surface area contributed by atoms with E-state index in [1.54, 1.807) is 7.11 Å². The van der Waals surface area contributed by atoms with Gasteiger partial charge >= 0.3 is 0 Å². The van der Waals surface area contributed by atoms with E-state index in [0.29, 0.717) is 11.5 Å². The summed E-state index contributed by atoms with van der Waals surface area (Å²) in [5.74, 6) is 1.52. The Morgan fingerprint density at radius 1 is 1.50 bits per heavy atom. The molecule has 0 bridgehead atoms. The van der Waals surface area contributed by atoms with Crippen LogP contribution in [0.1, 0.15) is 12.5 Å². The monoisotopic (exact) mass is 289 g/mol. The smallest absolute Gasteiger partial charge is 0.125 e. The minimum Gasteiger partial charge on any atom is -0.497 e. The molecule has 5 heteroatoms. The van der Waals surface area contributed by atoms with Gasteiger partial charge in [-0.25, -0.2) is 0 Å². The third-order valence-corrected chi connectivity index (χ3v) is 2.89. The molecule has 1 atom stereocenters. The summed E-state index contributed by atoms with van der Waals surface area (Å²) in [4.78, 5) is 0. The summed E-state index contributed by atoms with van der Waals surface area (Å²) in [6.45, 7) is 2.18. The van der Waals surface area contributed by atoms with Crippen molar-refractivity contribution in [2.24, 2.45) is 5.73 Å². The number of hydrogen-bond donors (Lipinski definition) is 1. The van der Waals surface area contributed by atoms with Gasteiger partial charge in [0.15, 0.2) is 0 Å². The Morgan fingerprint density at radius 3 is 2.78 bits per heavy atom. The van der Waals surface area contributed by atoms with Crippen molar-refractivity contribution in [2.75, 3.05) is 13.7 Å². The van der Waals surface area contributed by atoms with Crippen LogP contribution in [0.5, 0.6) is 11.5 Å². The number of halogens is 2. The van der Waals surface area contributed by atoms with Gasteiger partial charge in [0.05, 0.1) is 12.1 Å². The van der Waals surface area contributed by atoms with Crippen LogP contribution in [0, 0.1) is 0 Å². The molecule has 2 N–H and O–H groups in total. The van der Waals surface area contributed by atoms with E-state index in [9.17, 15) is 0 Å². The lowest BCUT2D eigenvalue weighted by atomic mass is 10.1. The highest BCUT2D eigenvalue weighted by molar-refractivity contribution is 6.36. The Labute approximate surface area is 117 Å². The molecule has 1 aromatic carbocycles. The van der Waals surface area contributed by atoms with Crippen LogP contribution >= 0.6 is 23.2 Å². The van der Waals surface area contributed by atoms with Crippen molar-refractivity contribution in [3.8, 4) is 11.5 Å². The standard InChI is InChI=1S/C13H17Cl2NO2/c1-9(16)5-10-6-12(17-2)3-4-13(10)18-8-11(15)7-14/h3-4,6-7,9H,5,8,16H2,1-2H3. The Kier molecular flexibility index (Phi) is 6.33. The third kappa shape index (κ3) is 4.77. The summed E-state index contributed by atoms with van der Waals surface area (Å²) in [5.41, 5.74) is 8.09. The van der Waals surface area contributed by atoms with Gasteiger partial charge in [0.25, 0.3) is 0 Å². The molecular formula is C13H17Cl2NO2. The second-order valence-electron chi connectivity index (χ2n) is 4.00. The van der Waals surface area contributed by atoms with Gasteiger partial charge in [-0.1, -0.05) is 23.2 Å². The predicted octanol–water partition coefficient (Wildman–Crippen LogP) is 3.28. The summed E-state index contributed by atoms with van der Waals surface area (Å²) < 4.78 is 10.8. The molecule has 3 nitrogen and oxygen atoms in total. The second kappa shape index (κ2) is 7.52. The first-order valence-electron chi connectivity index (χ1n) is 5.57. The van der Waals surface area contributed by atoms with Gasteiger partial charge in [0.1, 0.15) is 18.1 Å². The SMILES string of the molecule is COc1ccc(OCC(Cl)=CCl)c(CC(C)N)c1. The number of benzene rings is 1. The predicted molar refractivity (Wildman–Crippen MR) is 75.6 cm³/mol. The molecule has 1 rings (SSSR count). The number of hydrogen-bond acceptors (Lipinski definition) is 3. The van der Waals surface area contributed by atoms with Crippen LogP contribution in [0.3, 0.4) is 0 Å². The molecule has 0 heterocycles. The molecule has 1 unspecified atom stereocenters. The van der Waals surface area contributed by atoms with E-state index in [0.717, 1.165) is 17.1 Å². The molecule has 0 saturated heterocycles. The maximum absolute atomic E-state index is 5.81. The van der Waals surface area contributed by atoms with E-state index in [1.165, 1.54) is 5.54 Å². The Bertz CT molecular complexity index is 419. The van der Waals surface area contributed by atoms with E-state index >= 15 is 0 Å². The van der Waals surface area contributed by atoms with Crippen LogP contribution in [0.2, 0.25) is 0 Å². The normalized spacial score (nSPS) is 13.3. The number of nitrogens with two attached hydrogens (primary N) is 1. The molecule has 0 radical (unpaired) electrons. The molecule has 18 heavy (non-hydrogen) atoms. The maximum Gasteiger partial charge on any atom is 0.125 e. The van der Waals surface area contributed by atoms with Gasteiger partial charge in [-0.15, -0.1) is 0 Å². The van der Waals surface area contributed by atoms with Crippen LogP contribution in [-0.2, 0) is 6.42 Å². The van der Waals surface area contributed by atoms with Crippen LogP contribution in [-0.4, -0.2) is 19.8 Å². The summed E-state index contributed by atoms with van der Waals surface area (Å²) in [6, 6.07) is 5.63. The van der Waals surface area contributed by atoms with Gasteiger partial charge in [-0.05, 0) is 37.1 Å². The fourth-order valence-corrected chi connectivity index (χ4v) is 1.63. The van der Waals surface area contributed by atoms with Crippen molar-refractivity contribution in [2.45, 2.75) is 19.4 Å². The highest BCUT2D eigenvalue weighted by Gasteiger charge is 2.08. The van der Waals surface area contributed by atoms with Crippen molar-refractivity contribution in [3.63, 3.8) is 0 Å². The van der Waals surface area contributed by atoms with E-state index in [1.807, 2.05) is 25.1 Å². The zero-order valence-corrected chi connectivity index (χ0v) is 12.0. The summed E-state index contributed by atoms with van der Waals surface area (Å²) in [6.07, 6.45) is 0.703. The molecule has 0 saturated carbocycles. The summed E-state index contributed by atoms with van der Waals surface area (Å²) in [5, 5.41) is 0.444. The highest BCUT2D eigenvalue weighted by atomic mass is 35.5. The van der Waals surface area contributed by atoms with Gasteiger partial charge in [0.2, 0.25) is 0 Å². The molecule has 0 aromatic heterocycles. The average molecular weight is 290 g/mol. The zero-order chi connectivity index (χ0) is 13.5. The molecule has 0 fully saturated rings. The first-order chi connectivity index (χ1) is 8.56. The van der Waals surface area contributed by atoms with Crippen LogP contribution in [0.15, 0.2) is 28.8 Å². The maximum atomic E-state index is 5.81. The topological polar surface area (TPSA) is 44.5 Å². The van der Waals surface area contributed by atoms with Gasteiger partial charge < -0.3 is 15.2 Å². The van der Waals surface area contributed by atoms with Crippen molar-refractivity contribution < 1.29 is 9.47 Å². The zero-order valence-electron chi connectivity index (χ0n) is 10.5. The van der Waals surface area contributed by atoms with E-state index in [-0.39, 0.29) is 12.6 Å². The lowest BCUT2D eigenvalue weighted by molar-refractivity contribution is 0.352. The first-order valence-corrected chi connectivity index (χ1v) is 6.38. The Hall–Kier alpha value is -0.900.